The molecule has 1 aromatic carbocycles. The molecule has 1 atom stereocenters. The first-order valence-electron chi connectivity index (χ1n) is 7.32. The highest BCUT2D eigenvalue weighted by molar-refractivity contribution is 5.92. The molecule has 10 heteroatoms. The van der Waals surface area contributed by atoms with E-state index in [0.29, 0.717) is 0 Å². The van der Waals surface area contributed by atoms with Crippen LogP contribution in [0.4, 0.5) is 17.6 Å². The number of methoxy groups -OCH3 is 1. The Balaban J connectivity index is 2.37. The number of benzene rings is 1. The van der Waals surface area contributed by atoms with E-state index in [1.165, 1.54) is 12.1 Å². The van der Waals surface area contributed by atoms with Crippen molar-refractivity contribution in [3.05, 3.63) is 58.3 Å². The molecule has 0 spiro atoms. The Kier molecular flexibility index (Phi) is 5.45. The molecule has 0 fully saturated rings. The number of nitrogens with one attached hydrogen (secondary N) is 1. The standard InChI is InChI=1S/C16H15F4N3O3/c1-15(9-26-2,16(18,19)20)21-14(25)12-7-8-13(24)23(22-12)11-5-3-10(17)4-6-11/h3-8H,9H2,1-2H3,(H,21,25)/t15-/m1/s1. The lowest BCUT2D eigenvalue weighted by Crippen LogP contribution is -2.59. The van der Waals surface area contributed by atoms with Gasteiger partial charge in [-0.2, -0.15) is 23.0 Å². The lowest BCUT2D eigenvalue weighted by molar-refractivity contribution is -0.200. The molecule has 1 N–H and O–H groups in total. The summed E-state index contributed by atoms with van der Waals surface area (Å²) in [7, 11) is 1.07. The highest BCUT2D eigenvalue weighted by Gasteiger charge is 2.52. The van der Waals surface area contributed by atoms with Crippen LogP contribution < -0.4 is 10.9 Å². The average Bonchev–Trinajstić information content (AvgIpc) is 2.55. The number of halogens is 4. The molecule has 0 saturated heterocycles. The maximum atomic E-state index is 13.2. The molecule has 0 unspecified atom stereocenters. The van der Waals surface area contributed by atoms with Crippen LogP contribution in [0.25, 0.3) is 5.69 Å². The van der Waals surface area contributed by atoms with Gasteiger partial charge >= 0.3 is 6.18 Å². The zero-order valence-corrected chi connectivity index (χ0v) is 13.8. The topological polar surface area (TPSA) is 73.2 Å². The smallest absolute Gasteiger partial charge is 0.382 e. The maximum absolute atomic E-state index is 13.2. The predicted molar refractivity (Wildman–Crippen MR) is 83.6 cm³/mol. The molecular weight excluding hydrogens is 358 g/mol. The minimum atomic E-state index is -4.77. The molecule has 0 aliphatic carbocycles. The zero-order chi connectivity index (χ0) is 19.5. The van der Waals surface area contributed by atoms with Crippen molar-refractivity contribution in [3.8, 4) is 5.69 Å². The molecule has 26 heavy (non-hydrogen) atoms. The van der Waals surface area contributed by atoms with Crippen LogP contribution in [0.2, 0.25) is 0 Å². The third-order valence-electron chi connectivity index (χ3n) is 3.55. The molecule has 2 aromatic rings. The number of hydrogen-bond acceptors (Lipinski definition) is 4. The average molecular weight is 373 g/mol. The minimum absolute atomic E-state index is 0.154. The van der Waals surface area contributed by atoms with Crippen molar-refractivity contribution in [3.63, 3.8) is 0 Å². The van der Waals surface area contributed by atoms with Crippen LogP contribution in [0.5, 0.6) is 0 Å². The molecule has 0 radical (unpaired) electrons. The molecule has 0 saturated carbocycles. The van der Waals surface area contributed by atoms with E-state index in [4.69, 9.17) is 0 Å². The van der Waals surface area contributed by atoms with Gasteiger partial charge in [0.2, 0.25) is 0 Å². The summed E-state index contributed by atoms with van der Waals surface area (Å²) in [5.74, 6) is -1.69. The Morgan fingerprint density at radius 3 is 2.35 bits per heavy atom. The number of ether oxygens (including phenoxy) is 1. The van der Waals surface area contributed by atoms with E-state index in [9.17, 15) is 27.2 Å². The zero-order valence-electron chi connectivity index (χ0n) is 13.8. The van der Waals surface area contributed by atoms with E-state index in [0.717, 1.165) is 43.0 Å². The minimum Gasteiger partial charge on any atom is -0.382 e. The number of rotatable bonds is 5. The second kappa shape index (κ2) is 7.24. The van der Waals surface area contributed by atoms with Crippen LogP contribution in [-0.4, -0.2) is 41.1 Å². The lowest BCUT2D eigenvalue weighted by atomic mass is 10.0. The quantitative estimate of drug-likeness (QED) is 0.815. The van der Waals surface area contributed by atoms with Gasteiger partial charge in [-0.15, -0.1) is 0 Å². The van der Waals surface area contributed by atoms with Gasteiger partial charge in [-0.25, -0.2) is 4.39 Å². The Labute approximate surface area is 145 Å². The monoisotopic (exact) mass is 373 g/mol. The van der Waals surface area contributed by atoms with E-state index in [2.05, 4.69) is 9.84 Å². The summed E-state index contributed by atoms with van der Waals surface area (Å²) in [6.07, 6.45) is -4.77. The highest BCUT2D eigenvalue weighted by atomic mass is 19.4. The Morgan fingerprint density at radius 1 is 1.19 bits per heavy atom. The van der Waals surface area contributed by atoms with Crippen LogP contribution in [0.15, 0.2) is 41.2 Å². The lowest BCUT2D eigenvalue weighted by Gasteiger charge is -2.32. The van der Waals surface area contributed by atoms with Gasteiger partial charge in [0, 0.05) is 13.2 Å². The molecular formula is C16H15F4N3O3. The number of carbonyl (C=O) groups excluding carboxylic acids is 1. The number of carbonyl (C=O) groups is 1. The van der Waals surface area contributed by atoms with Gasteiger partial charge in [0.05, 0.1) is 12.3 Å². The second-order valence-electron chi connectivity index (χ2n) is 5.66. The number of nitrogens with zero attached hydrogens (tertiary/aromatic N) is 2. The number of amides is 1. The summed E-state index contributed by atoms with van der Waals surface area (Å²) in [4.78, 5) is 24.1. The first-order valence-corrected chi connectivity index (χ1v) is 7.32. The van der Waals surface area contributed by atoms with Crippen LogP contribution in [-0.2, 0) is 4.74 Å². The van der Waals surface area contributed by atoms with Crippen molar-refractivity contribution in [2.45, 2.75) is 18.6 Å². The van der Waals surface area contributed by atoms with E-state index in [-0.39, 0.29) is 5.69 Å². The number of hydrogen-bond donors (Lipinski definition) is 1. The number of aromatic nitrogens is 2. The van der Waals surface area contributed by atoms with Gasteiger partial charge in [-0.1, -0.05) is 0 Å². The van der Waals surface area contributed by atoms with E-state index in [1.807, 2.05) is 5.32 Å². The maximum Gasteiger partial charge on any atom is 0.413 e. The van der Waals surface area contributed by atoms with Crippen molar-refractivity contribution in [1.82, 2.24) is 15.1 Å². The largest absolute Gasteiger partial charge is 0.413 e. The van der Waals surface area contributed by atoms with Crippen LogP contribution >= 0.6 is 0 Å². The van der Waals surface area contributed by atoms with Crippen molar-refractivity contribution in [2.75, 3.05) is 13.7 Å². The van der Waals surface area contributed by atoms with Crippen molar-refractivity contribution in [1.29, 1.82) is 0 Å². The van der Waals surface area contributed by atoms with Gasteiger partial charge < -0.3 is 10.1 Å². The fraction of sp³-hybridized carbons (Fsp3) is 0.312. The van der Waals surface area contributed by atoms with Gasteiger partial charge in [0.25, 0.3) is 11.5 Å². The van der Waals surface area contributed by atoms with Gasteiger partial charge in [-0.3, -0.25) is 9.59 Å². The van der Waals surface area contributed by atoms with E-state index in [1.54, 1.807) is 0 Å². The molecule has 0 aliphatic heterocycles. The number of alkyl halides is 3. The first kappa shape index (κ1) is 19.6. The third-order valence-corrected chi connectivity index (χ3v) is 3.55. The van der Waals surface area contributed by atoms with Gasteiger partial charge in [0.1, 0.15) is 11.5 Å². The molecule has 2 rings (SSSR count). The first-order chi connectivity index (χ1) is 12.1. The molecule has 0 bridgehead atoms. The van der Waals surface area contributed by atoms with Crippen molar-refractivity contribution >= 4 is 5.91 Å². The highest BCUT2D eigenvalue weighted by Crippen LogP contribution is 2.30. The van der Waals surface area contributed by atoms with Crippen LogP contribution in [0.1, 0.15) is 17.4 Å². The van der Waals surface area contributed by atoms with Crippen LogP contribution in [0, 0.1) is 5.82 Å². The SMILES string of the molecule is COC[C@@](C)(NC(=O)c1ccc(=O)n(-c2ccc(F)cc2)n1)C(F)(F)F. The summed E-state index contributed by atoms with van der Waals surface area (Å²) in [5.41, 5.74) is -3.54. The fourth-order valence-corrected chi connectivity index (χ4v) is 2.09. The molecule has 6 nitrogen and oxygen atoms in total. The van der Waals surface area contributed by atoms with Crippen molar-refractivity contribution < 1.29 is 27.1 Å². The Bertz CT molecular complexity index is 849. The Morgan fingerprint density at radius 2 is 1.81 bits per heavy atom. The summed E-state index contributed by atoms with van der Waals surface area (Å²) >= 11 is 0. The fourth-order valence-electron chi connectivity index (χ4n) is 2.09. The van der Waals surface area contributed by atoms with E-state index >= 15 is 0 Å². The van der Waals surface area contributed by atoms with E-state index < -0.39 is 41.3 Å². The van der Waals surface area contributed by atoms with Crippen molar-refractivity contribution in [2.24, 2.45) is 0 Å². The summed E-state index contributed by atoms with van der Waals surface area (Å²) in [6.45, 7) is -0.0375. The molecule has 140 valence electrons. The molecule has 0 aliphatic rings. The second-order valence-corrected chi connectivity index (χ2v) is 5.66. The molecule has 1 amide bonds. The predicted octanol–water partition coefficient (Wildman–Crippen LogP) is 2.07. The third kappa shape index (κ3) is 4.07. The van der Waals surface area contributed by atoms with Gasteiger partial charge in [-0.05, 0) is 37.3 Å². The summed E-state index contributed by atoms with van der Waals surface area (Å²) < 4.78 is 57.9. The van der Waals surface area contributed by atoms with Gasteiger partial charge in [0.15, 0.2) is 5.54 Å². The summed E-state index contributed by atoms with van der Waals surface area (Å²) in [6, 6.07) is 6.63. The normalized spacial score (nSPS) is 13.9. The molecule has 1 aromatic heterocycles. The Hall–Kier alpha value is -2.75. The molecule has 1 heterocycles. The van der Waals surface area contributed by atoms with Crippen LogP contribution in [0.3, 0.4) is 0 Å². The summed E-state index contributed by atoms with van der Waals surface area (Å²) in [5, 5.41) is 5.59.